The van der Waals surface area contributed by atoms with Crippen LogP contribution in [0.1, 0.15) is 28.4 Å². The summed E-state index contributed by atoms with van der Waals surface area (Å²) in [5.74, 6) is 0.257. The summed E-state index contributed by atoms with van der Waals surface area (Å²) >= 11 is 0. The average Bonchev–Trinajstić information content (AvgIpc) is 3.22. The molecule has 1 amide bonds. The first-order chi connectivity index (χ1) is 13.2. The van der Waals surface area contributed by atoms with E-state index in [4.69, 9.17) is 10.2 Å². The van der Waals surface area contributed by atoms with E-state index in [1.165, 1.54) is 29.9 Å². The van der Waals surface area contributed by atoms with Crippen molar-refractivity contribution >= 4 is 17.4 Å². The first kappa shape index (κ1) is 17.2. The second-order valence-electron chi connectivity index (χ2n) is 6.52. The Bertz CT molecular complexity index is 969. The molecule has 3 aromatic rings. The lowest BCUT2D eigenvalue weighted by Crippen LogP contribution is -2.31. The maximum absolute atomic E-state index is 12.7. The van der Waals surface area contributed by atoms with Gasteiger partial charge in [-0.1, -0.05) is 19.1 Å². The Balaban J connectivity index is 1.57. The number of likely N-dealkylation sites (N-methyl/N-ethyl adjacent to an activating group) is 1. The van der Waals surface area contributed by atoms with Crippen LogP contribution in [0.25, 0.3) is 11.4 Å². The van der Waals surface area contributed by atoms with E-state index in [2.05, 4.69) is 33.2 Å². The minimum absolute atomic E-state index is 0.139. The molecule has 1 aliphatic rings. The number of hydrogen-bond donors (Lipinski definition) is 2. The molecule has 2 aromatic heterocycles. The molecule has 0 aliphatic carbocycles. The second-order valence-corrected chi connectivity index (χ2v) is 6.52. The molecule has 1 aromatic carbocycles. The summed E-state index contributed by atoms with van der Waals surface area (Å²) in [5, 5.41) is 2.98. The molecule has 3 heterocycles. The van der Waals surface area contributed by atoms with Gasteiger partial charge in [-0.25, -0.2) is 9.97 Å². The molecule has 4 rings (SSSR count). The fraction of sp³-hybridized carbons (Fsp3) is 0.250. The number of benzene rings is 1. The Morgan fingerprint density at radius 3 is 3.00 bits per heavy atom. The molecule has 0 fully saturated rings. The number of furan rings is 1. The monoisotopic (exact) mass is 363 g/mol. The number of amides is 1. The van der Waals surface area contributed by atoms with E-state index in [0.717, 1.165) is 31.7 Å². The highest BCUT2D eigenvalue weighted by atomic mass is 16.3. The number of nitrogens with one attached hydrogen (secondary N) is 1. The molecule has 27 heavy (non-hydrogen) atoms. The standard InChI is InChI=1S/C20H21N5O2/c1-2-25-8-6-15-13(11-25)4-3-5-17(15)23-20(26)16-10-22-19(24-18(16)21)14-7-9-27-12-14/h3-5,7,9-10,12H,2,6,8,11H2,1H3,(H,23,26)(H2,21,22,24). The van der Waals surface area contributed by atoms with Gasteiger partial charge < -0.3 is 15.5 Å². The van der Waals surface area contributed by atoms with Gasteiger partial charge in [0.2, 0.25) is 0 Å². The van der Waals surface area contributed by atoms with Crippen molar-refractivity contribution in [2.45, 2.75) is 19.9 Å². The molecule has 7 heteroatoms. The number of nitrogens with zero attached hydrogens (tertiary/aromatic N) is 3. The smallest absolute Gasteiger partial charge is 0.260 e. The lowest BCUT2D eigenvalue weighted by atomic mass is 9.97. The second kappa shape index (κ2) is 7.20. The molecule has 138 valence electrons. The van der Waals surface area contributed by atoms with Crippen molar-refractivity contribution < 1.29 is 9.21 Å². The molecule has 0 atom stereocenters. The van der Waals surface area contributed by atoms with E-state index in [1.807, 2.05) is 12.1 Å². The van der Waals surface area contributed by atoms with Gasteiger partial charge in [0.15, 0.2) is 5.82 Å². The van der Waals surface area contributed by atoms with Crippen LogP contribution in [0.5, 0.6) is 0 Å². The summed E-state index contributed by atoms with van der Waals surface area (Å²) < 4.78 is 5.03. The van der Waals surface area contributed by atoms with Crippen LogP contribution in [0.3, 0.4) is 0 Å². The topological polar surface area (TPSA) is 97.3 Å². The largest absolute Gasteiger partial charge is 0.472 e. The van der Waals surface area contributed by atoms with E-state index in [1.54, 1.807) is 6.07 Å². The number of hydrogen-bond acceptors (Lipinski definition) is 6. The van der Waals surface area contributed by atoms with E-state index in [9.17, 15) is 4.79 Å². The number of carbonyl (C=O) groups excluding carboxylic acids is 1. The van der Waals surface area contributed by atoms with Crippen LogP contribution in [-0.4, -0.2) is 33.9 Å². The van der Waals surface area contributed by atoms with Gasteiger partial charge in [0.05, 0.1) is 11.8 Å². The number of anilines is 2. The molecular formula is C20H21N5O2. The molecule has 3 N–H and O–H groups in total. The Morgan fingerprint density at radius 1 is 1.37 bits per heavy atom. The first-order valence-electron chi connectivity index (χ1n) is 8.95. The van der Waals surface area contributed by atoms with Crippen molar-refractivity contribution in [2.24, 2.45) is 0 Å². The van der Waals surface area contributed by atoms with Gasteiger partial charge in [0.1, 0.15) is 17.6 Å². The zero-order valence-corrected chi connectivity index (χ0v) is 15.1. The van der Waals surface area contributed by atoms with Gasteiger partial charge in [-0.2, -0.15) is 0 Å². The third kappa shape index (κ3) is 3.41. The van der Waals surface area contributed by atoms with Gasteiger partial charge in [0, 0.05) is 25.0 Å². The predicted molar refractivity (Wildman–Crippen MR) is 103 cm³/mol. The van der Waals surface area contributed by atoms with E-state index >= 15 is 0 Å². The van der Waals surface area contributed by atoms with Crippen LogP contribution in [0, 0.1) is 0 Å². The Labute approximate surface area is 157 Å². The van der Waals surface area contributed by atoms with Crippen LogP contribution in [-0.2, 0) is 13.0 Å². The van der Waals surface area contributed by atoms with E-state index < -0.39 is 0 Å². The van der Waals surface area contributed by atoms with Crippen molar-refractivity contribution in [1.29, 1.82) is 0 Å². The van der Waals surface area contributed by atoms with Crippen molar-refractivity contribution in [1.82, 2.24) is 14.9 Å². The number of nitrogen functional groups attached to an aromatic ring is 1. The molecule has 0 unspecified atom stereocenters. The molecule has 1 aliphatic heterocycles. The summed E-state index contributed by atoms with van der Waals surface area (Å²) in [5.41, 5.74) is 10.2. The molecule has 0 saturated carbocycles. The predicted octanol–water partition coefficient (Wildman–Crippen LogP) is 2.95. The Kier molecular flexibility index (Phi) is 4.60. The maximum Gasteiger partial charge on any atom is 0.260 e. The fourth-order valence-corrected chi connectivity index (χ4v) is 3.35. The molecule has 0 spiro atoms. The van der Waals surface area contributed by atoms with Gasteiger partial charge in [-0.15, -0.1) is 0 Å². The highest BCUT2D eigenvalue weighted by Gasteiger charge is 2.20. The number of rotatable bonds is 4. The normalized spacial score (nSPS) is 14.0. The highest BCUT2D eigenvalue weighted by Crippen LogP contribution is 2.27. The van der Waals surface area contributed by atoms with Crippen molar-refractivity contribution in [3.05, 3.63) is 59.7 Å². The molecule has 0 saturated heterocycles. The first-order valence-corrected chi connectivity index (χ1v) is 8.95. The van der Waals surface area contributed by atoms with E-state index in [0.29, 0.717) is 11.4 Å². The van der Waals surface area contributed by atoms with Crippen molar-refractivity contribution in [3.8, 4) is 11.4 Å². The SMILES string of the molecule is CCN1CCc2c(cccc2NC(=O)c2cnc(-c3ccoc3)nc2N)C1. The Morgan fingerprint density at radius 2 is 2.26 bits per heavy atom. The van der Waals surface area contributed by atoms with Crippen LogP contribution in [0.15, 0.2) is 47.4 Å². The molecule has 0 radical (unpaired) electrons. The van der Waals surface area contributed by atoms with Crippen molar-refractivity contribution in [3.63, 3.8) is 0 Å². The average molecular weight is 363 g/mol. The van der Waals surface area contributed by atoms with Gasteiger partial charge in [0.25, 0.3) is 5.91 Å². The van der Waals surface area contributed by atoms with Crippen molar-refractivity contribution in [2.75, 3.05) is 24.1 Å². The molecule has 0 bridgehead atoms. The lowest BCUT2D eigenvalue weighted by molar-refractivity contribution is 0.102. The van der Waals surface area contributed by atoms with E-state index in [-0.39, 0.29) is 17.3 Å². The summed E-state index contributed by atoms with van der Waals surface area (Å²) in [6, 6.07) is 7.75. The number of fused-ring (bicyclic) bond motifs is 1. The van der Waals surface area contributed by atoms with Crippen LogP contribution < -0.4 is 11.1 Å². The third-order valence-electron chi connectivity index (χ3n) is 4.88. The number of carbonyl (C=O) groups is 1. The van der Waals surface area contributed by atoms with Crippen LogP contribution in [0.4, 0.5) is 11.5 Å². The minimum Gasteiger partial charge on any atom is -0.472 e. The summed E-state index contributed by atoms with van der Waals surface area (Å²) in [4.78, 5) is 23.6. The summed E-state index contributed by atoms with van der Waals surface area (Å²) in [6.07, 6.45) is 5.43. The summed E-state index contributed by atoms with van der Waals surface area (Å²) in [6.45, 7) is 5.07. The number of nitrogens with two attached hydrogens (primary N) is 1. The fourth-order valence-electron chi connectivity index (χ4n) is 3.35. The van der Waals surface area contributed by atoms with Crippen LogP contribution in [0.2, 0.25) is 0 Å². The zero-order valence-electron chi connectivity index (χ0n) is 15.1. The highest BCUT2D eigenvalue weighted by molar-refractivity contribution is 6.07. The van der Waals surface area contributed by atoms with Gasteiger partial charge in [-0.05, 0) is 36.2 Å². The van der Waals surface area contributed by atoms with Gasteiger partial charge >= 0.3 is 0 Å². The number of aromatic nitrogens is 2. The lowest BCUT2D eigenvalue weighted by Gasteiger charge is -2.29. The van der Waals surface area contributed by atoms with Crippen LogP contribution >= 0.6 is 0 Å². The maximum atomic E-state index is 12.7. The van der Waals surface area contributed by atoms with Gasteiger partial charge in [-0.3, -0.25) is 9.69 Å². The quantitative estimate of drug-likeness (QED) is 0.740. The zero-order chi connectivity index (χ0) is 18.8. The minimum atomic E-state index is -0.308. The molecular weight excluding hydrogens is 342 g/mol. The third-order valence-corrected chi connectivity index (χ3v) is 4.88. The summed E-state index contributed by atoms with van der Waals surface area (Å²) in [7, 11) is 0. The molecule has 7 nitrogen and oxygen atoms in total. The Hall–Kier alpha value is -3.19.